The molecule has 1 heterocycles. The molecular weight excluding hydrogens is 232 g/mol. The van der Waals surface area contributed by atoms with E-state index in [1.165, 1.54) is 6.08 Å². The van der Waals surface area contributed by atoms with E-state index in [9.17, 15) is 9.59 Å². The summed E-state index contributed by atoms with van der Waals surface area (Å²) in [7, 11) is 0. The van der Waals surface area contributed by atoms with Crippen molar-refractivity contribution in [2.75, 3.05) is 6.61 Å². The van der Waals surface area contributed by atoms with E-state index in [-0.39, 0.29) is 17.9 Å². The number of unbranched alkanes of at least 4 members (excludes halogenated alkanes) is 2. The first-order chi connectivity index (χ1) is 8.66. The van der Waals surface area contributed by atoms with Crippen LogP contribution in [0.2, 0.25) is 0 Å². The first-order valence-corrected chi connectivity index (χ1v) is 6.72. The summed E-state index contributed by atoms with van der Waals surface area (Å²) in [6.07, 6.45) is 7.35. The van der Waals surface area contributed by atoms with E-state index in [1.807, 2.05) is 0 Å². The van der Waals surface area contributed by atoms with E-state index in [0.29, 0.717) is 25.9 Å². The van der Waals surface area contributed by atoms with Crippen LogP contribution in [0.25, 0.3) is 0 Å². The van der Waals surface area contributed by atoms with Gasteiger partial charge in [-0.1, -0.05) is 19.8 Å². The van der Waals surface area contributed by atoms with Gasteiger partial charge in [0.2, 0.25) is 0 Å². The molecule has 1 fully saturated rings. The number of esters is 1. The largest absolute Gasteiger partial charge is 0.452 e. The Morgan fingerprint density at radius 2 is 2.39 bits per heavy atom. The summed E-state index contributed by atoms with van der Waals surface area (Å²) in [5.74, 6) is -0.141. The molecule has 0 amide bonds. The van der Waals surface area contributed by atoms with Crippen LogP contribution in [-0.2, 0) is 19.1 Å². The van der Waals surface area contributed by atoms with Crippen molar-refractivity contribution < 1.29 is 19.1 Å². The van der Waals surface area contributed by atoms with Crippen LogP contribution in [0.15, 0.2) is 12.2 Å². The Morgan fingerprint density at radius 3 is 3.17 bits per heavy atom. The van der Waals surface area contributed by atoms with Gasteiger partial charge in [0.15, 0.2) is 11.4 Å². The van der Waals surface area contributed by atoms with Gasteiger partial charge in [-0.3, -0.25) is 9.59 Å². The lowest BCUT2D eigenvalue weighted by atomic mass is 9.86. The molecule has 0 bridgehead atoms. The third kappa shape index (κ3) is 2.80. The Labute approximate surface area is 107 Å². The third-order valence-corrected chi connectivity index (χ3v) is 3.58. The summed E-state index contributed by atoms with van der Waals surface area (Å²) in [5, 5.41) is 0. The summed E-state index contributed by atoms with van der Waals surface area (Å²) in [6, 6.07) is 0. The number of ether oxygens (including phenoxy) is 2. The third-order valence-electron chi connectivity index (χ3n) is 3.58. The Kier molecular flexibility index (Phi) is 4.17. The zero-order chi connectivity index (χ0) is 13.0. The molecule has 0 N–H and O–H groups in total. The highest BCUT2D eigenvalue weighted by Crippen LogP contribution is 2.36. The van der Waals surface area contributed by atoms with Gasteiger partial charge in [0, 0.05) is 19.3 Å². The van der Waals surface area contributed by atoms with Crippen molar-refractivity contribution in [2.24, 2.45) is 0 Å². The fourth-order valence-corrected chi connectivity index (χ4v) is 2.50. The van der Waals surface area contributed by atoms with Crippen molar-refractivity contribution in [3.05, 3.63) is 12.2 Å². The molecule has 100 valence electrons. The highest BCUT2D eigenvalue weighted by atomic mass is 16.6. The average Bonchev–Trinajstić information content (AvgIpc) is 2.72. The first-order valence-electron chi connectivity index (χ1n) is 6.72. The highest BCUT2D eigenvalue weighted by Gasteiger charge is 2.48. The number of hydrogen-bond donors (Lipinski definition) is 0. The quantitative estimate of drug-likeness (QED) is 0.556. The number of allylic oxidation sites excluding steroid dienone is 1. The van der Waals surface area contributed by atoms with E-state index in [1.54, 1.807) is 6.08 Å². The van der Waals surface area contributed by atoms with Gasteiger partial charge in [-0.15, -0.1) is 0 Å². The Hall–Kier alpha value is -1.16. The zero-order valence-electron chi connectivity index (χ0n) is 10.8. The maximum atomic E-state index is 11.8. The van der Waals surface area contributed by atoms with Gasteiger partial charge in [-0.2, -0.15) is 0 Å². The van der Waals surface area contributed by atoms with Gasteiger partial charge in [-0.25, -0.2) is 0 Å². The van der Waals surface area contributed by atoms with Crippen molar-refractivity contribution in [1.82, 2.24) is 0 Å². The van der Waals surface area contributed by atoms with Crippen LogP contribution in [0.3, 0.4) is 0 Å². The van der Waals surface area contributed by atoms with Crippen LogP contribution in [-0.4, -0.2) is 30.1 Å². The molecule has 18 heavy (non-hydrogen) atoms. The van der Waals surface area contributed by atoms with Gasteiger partial charge >= 0.3 is 5.97 Å². The summed E-state index contributed by atoms with van der Waals surface area (Å²) in [5.41, 5.74) is -0.683. The molecule has 4 heteroatoms. The first kappa shape index (κ1) is 13.3. The second kappa shape index (κ2) is 5.65. The minimum atomic E-state index is -0.683. The van der Waals surface area contributed by atoms with Gasteiger partial charge in [0.1, 0.15) is 6.10 Å². The monoisotopic (exact) mass is 252 g/mol. The molecule has 4 nitrogen and oxygen atoms in total. The topological polar surface area (TPSA) is 52.6 Å². The summed E-state index contributed by atoms with van der Waals surface area (Å²) in [6.45, 7) is 2.64. The van der Waals surface area contributed by atoms with Crippen molar-refractivity contribution in [3.63, 3.8) is 0 Å². The fourth-order valence-electron chi connectivity index (χ4n) is 2.50. The van der Waals surface area contributed by atoms with Crippen molar-refractivity contribution >= 4 is 11.8 Å². The lowest BCUT2D eigenvalue weighted by Crippen LogP contribution is -2.44. The Balaban J connectivity index is 1.95. The van der Waals surface area contributed by atoms with Crippen LogP contribution < -0.4 is 0 Å². The lowest BCUT2D eigenvalue weighted by Gasteiger charge is -2.32. The van der Waals surface area contributed by atoms with Crippen LogP contribution in [0.5, 0.6) is 0 Å². The molecule has 1 saturated heterocycles. The summed E-state index contributed by atoms with van der Waals surface area (Å²) >= 11 is 0. The summed E-state index contributed by atoms with van der Waals surface area (Å²) < 4.78 is 11.1. The van der Waals surface area contributed by atoms with E-state index >= 15 is 0 Å². The molecule has 2 aliphatic rings. The lowest BCUT2D eigenvalue weighted by molar-refractivity contribution is -0.161. The highest BCUT2D eigenvalue weighted by molar-refractivity contribution is 5.91. The van der Waals surface area contributed by atoms with Crippen molar-refractivity contribution in [1.29, 1.82) is 0 Å². The number of carbonyl (C=O) groups is 2. The number of hydrogen-bond acceptors (Lipinski definition) is 4. The molecule has 0 aromatic carbocycles. The Morgan fingerprint density at radius 1 is 1.56 bits per heavy atom. The molecular formula is C14H20O4. The molecule has 0 aromatic rings. The maximum Gasteiger partial charge on any atom is 0.306 e. The van der Waals surface area contributed by atoms with E-state index in [4.69, 9.17) is 9.47 Å². The fraction of sp³-hybridized carbons (Fsp3) is 0.714. The van der Waals surface area contributed by atoms with Gasteiger partial charge < -0.3 is 9.47 Å². The minimum absolute atomic E-state index is 0.0413. The normalized spacial score (nSPS) is 30.3. The van der Waals surface area contributed by atoms with Gasteiger partial charge in [-0.05, 0) is 18.6 Å². The summed E-state index contributed by atoms with van der Waals surface area (Å²) in [4.78, 5) is 23.1. The number of ketones is 1. The second-order valence-corrected chi connectivity index (χ2v) is 5.00. The predicted octanol–water partition coefficient (Wildman–Crippen LogP) is 2.17. The van der Waals surface area contributed by atoms with Crippen molar-refractivity contribution in [2.45, 2.75) is 57.2 Å². The molecule has 1 aliphatic heterocycles. The zero-order valence-corrected chi connectivity index (χ0v) is 10.8. The SMILES string of the molecule is CCCCCC(=O)OC12C=CC(=O)CC1OCC2. The number of fused-ring (bicyclic) bond motifs is 1. The molecule has 0 aromatic heterocycles. The smallest absolute Gasteiger partial charge is 0.306 e. The van der Waals surface area contributed by atoms with Gasteiger partial charge in [0.25, 0.3) is 0 Å². The van der Waals surface area contributed by atoms with Crippen LogP contribution in [0, 0.1) is 0 Å². The van der Waals surface area contributed by atoms with E-state index in [2.05, 4.69) is 6.92 Å². The molecule has 2 rings (SSSR count). The molecule has 0 spiro atoms. The van der Waals surface area contributed by atoms with E-state index in [0.717, 1.165) is 19.3 Å². The van der Waals surface area contributed by atoms with E-state index < -0.39 is 5.60 Å². The molecule has 0 saturated carbocycles. The molecule has 0 radical (unpaired) electrons. The van der Waals surface area contributed by atoms with Gasteiger partial charge in [0.05, 0.1) is 6.61 Å². The standard InChI is InChI=1S/C14H20O4/c1-2-3-4-5-13(16)18-14-7-6-11(15)10-12(14)17-9-8-14/h6-7,12H,2-5,8-10H2,1H3. The molecule has 2 unspecified atom stereocenters. The van der Waals surface area contributed by atoms with Crippen LogP contribution in [0.1, 0.15) is 45.4 Å². The molecule has 2 atom stereocenters. The predicted molar refractivity (Wildman–Crippen MR) is 66.1 cm³/mol. The minimum Gasteiger partial charge on any atom is -0.452 e. The second-order valence-electron chi connectivity index (χ2n) is 5.00. The number of carbonyl (C=O) groups excluding carboxylic acids is 2. The number of rotatable bonds is 5. The maximum absolute atomic E-state index is 11.8. The Bertz CT molecular complexity index is 361. The van der Waals surface area contributed by atoms with Crippen molar-refractivity contribution in [3.8, 4) is 0 Å². The average molecular weight is 252 g/mol. The van der Waals surface area contributed by atoms with Crippen LogP contribution in [0.4, 0.5) is 0 Å². The van der Waals surface area contributed by atoms with Crippen LogP contribution >= 0.6 is 0 Å². The molecule has 1 aliphatic carbocycles.